The van der Waals surface area contributed by atoms with Crippen molar-refractivity contribution in [2.75, 3.05) is 11.9 Å². The molecule has 132 valence electrons. The topological polar surface area (TPSA) is 65.4 Å². The quantitative estimate of drug-likeness (QED) is 0.785. The Balaban J connectivity index is 1.40. The van der Waals surface area contributed by atoms with E-state index in [0.29, 0.717) is 24.4 Å². The minimum atomic E-state index is -0.145. The third kappa shape index (κ3) is 3.39. The summed E-state index contributed by atoms with van der Waals surface area (Å²) in [5.41, 5.74) is 2.24. The summed E-state index contributed by atoms with van der Waals surface area (Å²) < 4.78 is 13.4. The highest BCUT2D eigenvalue weighted by Gasteiger charge is 2.21. The van der Waals surface area contributed by atoms with E-state index < -0.39 is 0 Å². The number of carbonyl (C=O) groups excluding carboxylic acids is 1. The Morgan fingerprint density at radius 1 is 1.19 bits per heavy atom. The molecule has 0 spiro atoms. The molecule has 0 fully saturated rings. The lowest BCUT2D eigenvalue weighted by Crippen LogP contribution is -2.33. The maximum Gasteiger partial charge on any atom is 0.256 e. The molecular weight excluding hydrogens is 330 g/mol. The lowest BCUT2D eigenvalue weighted by Gasteiger charge is -2.26. The molecular formula is C20H19N3O3. The van der Waals surface area contributed by atoms with Gasteiger partial charge in [-0.1, -0.05) is 30.3 Å². The van der Waals surface area contributed by atoms with Gasteiger partial charge in [0.05, 0.1) is 18.4 Å². The molecule has 6 heteroatoms. The molecule has 1 atom stereocenters. The van der Waals surface area contributed by atoms with Crippen LogP contribution in [0.3, 0.4) is 0 Å². The van der Waals surface area contributed by atoms with Gasteiger partial charge >= 0.3 is 0 Å². The van der Waals surface area contributed by atoms with Crippen LogP contribution in [0.1, 0.15) is 15.9 Å². The van der Waals surface area contributed by atoms with Gasteiger partial charge < -0.3 is 14.8 Å². The molecule has 3 aromatic rings. The number of aromatic nitrogens is 2. The first-order chi connectivity index (χ1) is 12.7. The predicted octanol–water partition coefficient (Wildman–Crippen LogP) is 3.28. The van der Waals surface area contributed by atoms with Crippen molar-refractivity contribution in [3.63, 3.8) is 0 Å². The summed E-state index contributed by atoms with van der Waals surface area (Å²) in [7, 11) is 0. The van der Waals surface area contributed by atoms with E-state index in [9.17, 15) is 4.79 Å². The molecule has 1 amide bonds. The van der Waals surface area contributed by atoms with E-state index in [-0.39, 0.29) is 12.0 Å². The average Bonchev–Trinajstić information content (AvgIpc) is 3.08. The van der Waals surface area contributed by atoms with Gasteiger partial charge in [0.1, 0.15) is 6.61 Å². The van der Waals surface area contributed by atoms with E-state index >= 15 is 0 Å². The molecule has 1 aliphatic heterocycles. The zero-order chi connectivity index (χ0) is 17.9. The molecule has 1 aliphatic rings. The maximum absolute atomic E-state index is 12.4. The van der Waals surface area contributed by atoms with Gasteiger partial charge in [0.15, 0.2) is 17.6 Å². The van der Waals surface area contributed by atoms with Crippen LogP contribution in [-0.2, 0) is 6.54 Å². The second kappa shape index (κ2) is 6.92. The molecule has 0 unspecified atom stereocenters. The summed E-state index contributed by atoms with van der Waals surface area (Å²) in [6.45, 7) is 2.91. The van der Waals surface area contributed by atoms with Gasteiger partial charge in [-0.2, -0.15) is 5.10 Å². The van der Waals surface area contributed by atoms with E-state index in [0.717, 1.165) is 17.1 Å². The molecule has 2 aromatic carbocycles. The van der Waals surface area contributed by atoms with Crippen molar-refractivity contribution in [1.82, 2.24) is 9.78 Å². The Bertz CT molecular complexity index is 935. The summed E-state index contributed by atoms with van der Waals surface area (Å²) in [5.74, 6) is 1.35. The van der Waals surface area contributed by atoms with Gasteiger partial charge in [0.2, 0.25) is 0 Å². The summed E-state index contributed by atoms with van der Waals surface area (Å²) in [6, 6.07) is 15.1. The third-order valence-electron chi connectivity index (χ3n) is 4.24. The van der Waals surface area contributed by atoms with Gasteiger partial charge in [0, 0.05) is 11.8 Å². The van der Waals surface area contributed by atoms with Crippen LogP contribution in [-0.4, -0.2) is 28.4 Å². The van der Waals surface area contributed by atoms with Crippen molar-refractivity contribution in [1.29, 1.82) is 0 Å². The van der Waals surface area contributed by atoms with Gasteiger partial charge in [-0.3, -0.25) is 9.48 Å². The van der Waals surface area contributed by atoms with Crippen LogP contribution in [0.25, 0.3) is 0 Å². The number of ether oxygens (including phenoxy) is 2. The first-order valence-corrected chi connectivity index (χ1v) is 8.47. The number of hydrogen-bond acceptors (Lipinski definition) is 4. The van der Waals surface area contributed by atoms with Crippen LogP contribution in [0.2, 0.25) is 0 Å². The van der Waals surface area contributed by atoms with Gasteiger partial charge in [-0.15, -0.1) is 0 Å². The fourth-order valence-corrected chi connectivity index (χ4v) is 2.92. The van der Waals surface area contributed by atoms with Crippen molar-refractivity contribution in [2.45, 2.75) is 19.6 Å². The number of nitrogens with one attached hydrogen (secondary N) is 1. The third-order valence-corrected chi connectivity index (χ3v) is 4.24. The monoisotopic (exact) mass is 349 g/mol. The highest BCUT2D eigenvalue weighted by Crippen LogP contribution is 2.31. The molecule has 26 heavy (non-hydrogen) atoms. The van der Waals surface area contributed by atoms with Crippen molar-refractivity contribution in [3.05, 3.63) is 72.1 Å². The zero-order valence-corrected chi connectivity index (χ0v) is 14.4. The normalized spacial score (nSPS) is 15.5. The first kappa shape index (κ1) is 16.2. The minimum absolute atomic E-state index is 0.135. The number of benzene rings is 2. The second-order valence-electron chi connectivity index (χ2n) is 6.22. The molecule has 2 heterocycles. The van der Waals surface area contributed by atoms with Crippen molar-refractivity contribution in [3.8, 4) is 11.5 Å². The number of carbonyl (C=O) groups is 1. The number of rotatable bonds is 4. The number of aryl methyl sites for hydroxylation is 1. The number of para-hydroxylation sites is 2. The van der Waals surface area contributed by atoms with Crippen LogP contribution >= 0.6 is 0 Å². The van der Waals surface area contributed by atoms with E-state index in [4.69, 9.17) is 9.47 Å². The Morgan fingerprint density at radius 2 is 1.96 bits per heavy atom. The lowest BCUT2D eigenvalue weighted by atomic mass is 10.1. The molecule has 0 saturated heterocycles. The fraction of sp³-hybridized carbons (Fsp3) is 0.200. The molecule has 1 aromatic heterocycles. The summed E-state index contributed by atoms with van der Waals surface area (Å²) >= 11 is 0. The summed E-state index contributed by atoms with van der Waals surface area (Å²) in [5, 5.41) is 7.18. The lowest BCUT2D eigenvalue weighted by molar-refractivity contribution is 0.0759. The SMILES string of the molecule is Cc1ccccc1C(=O)Nc1cnn(C[C@H]2COc3ccccc3O2)c1. The van der Waals surface area contributed by atoms with Crippen molar-refractivity contribution >= 4 is 11.6 Å². The maximum atomic E-state index is 12.4. The molecule has 0 bridgehead atoms. The van der Waals surface area contributed by atoms with Crippen LogP contribution in [0.5, 0.6) is 11.5 Å². The van der Waals surface area contributed by atoms with E-state index in [1.807, 2.05) is 49.4 Å². The Labute approximate surface area is 151 Å². The Hall–Kier alpha value is -3.28. The first-order valence-electron chi connectivity index (χ1n) is 8.47. The summed E-state index contributed by atoms with van der Waals surface area (Å²) in [6.07, 6.45) is 3.29. The number of hydrogen-bond donors (Lipinski definition) is 1. The fourth-order valence-electron chi connectivity index (χ4n) is 2.92. The molecule has 4 rings (SSSR count). The van der Waals surface area contributed by atoms with E-state index in [2.05, 4.69) is 10.4 Å². The number of amides is 1. The zero-order valence-electron chi connectivity index (χ0n) is 14.4. The Morgan fingerprint density at radius 3 is 2.81 bits per heavy atom. The predicted molar refractivity (Wildman–Crippen MR) is 97.7 cm³/mol. The number of anilines is 1. The van der Waals surface area contributed by atoms with Crippen LogP contribution in [0.15, 0.2) is 60.9 Å². The highest BCUT2D eigenvalue weighted by molar-refractivity contribution is 6.05. The largest absolute Gasteiger partial charge is 0.486 e. The second-order valence-corrected chi connectivity index (χ2v) is 6.22. The number of nitrogens with zero attached hydrogens (tertiary/aromatic N) is 2. The van der Waals surface area contributed by atoms with E-state index in [1.165, 1.54) is 0 Å². The number of fused-ring (bicyclic) bond motifs is 1. The van der Waals surface area contributed by atoms with Crippen molar-refractivity contribution < 1.29 is 14.3 Å². The van der Waals surface area contributed by atoms with Crippen molar-refractivity contribution in [2.24, 2.45) is 0 Å². The highest BCUT2D eigenvalue weighted by atomic mass is 16.6. The molecule has 0 saturated carbocycles. The standard InChI is InChI=1S/C20H19N3O3/c1-14-6-2-3-7-17(14)20(24)22-15-10-21-23(11-15)12-16-13-25-18-8-4-5-9-19(18)26-16/h2-11,16H,12-13H2,1H3,(H,22,24)/t16-/m0/s1. The molecule has 1 N–H and O–H groups in total. The molecule has 0 radical (unpaired) electrons. The van der Waals surface area contributed by atoms with Gasteiger partial charge in [0.25, 0.3) is 5.91 Å². The minimum Gasteiger partial charge on any atom is -0.486 e. The Kier molecular flexibility index (Phi) is 4.31. The smallest absolute Gasteiger partial charge is 0.256 e. The average molecular weight is 349 g/mol. The van der Waals surface area contributed by atoms with Crippen LogP contribution < -0.4 is 14.8 Å². The van der Waals surface area contributed by atoms with Crippen LogP contribution in [0.4, 0.5) is 5.69 Å². The summed E-state index contributed by atoms with van der Waals surface area (Å²) in [4.78, 5) is 12.4. The van der Waals surface area contributed by atoms with Crippen LogP contribution in [0, 0.1) is 6.92 Å². The van der Waals surface area contributed by atoms with Gasteiger partial charge in [-0.05, 0) is 30.7 Å². The van der Waals surface area contributed by atoms with Gasteiger partial charge in [-0.25, -0.2) is 0 Å². The molecule has 0 aliphatic carbocycles. The van der Waals surface area contributed by atoms with E-state index in [1.54, 1.807) is 23.1 Å². The molecule has 6 nitrogen and oxygen atoms in total.